The van der Waals surface area contributed by atoms with Crippen LogP contribution in [-0.4, -0.2) is 22.8 Å². The highest BCUT2D eigenvalue weighted by molar-refractivity contribution is 7.99. The fourth-order valence-corrected chi connectivity index (χ4v) is 5.25. The van der Waals surface area contributed by atoms with Gasteiger partial charge in [-0.05, 0) is 36.6 Å². The zero-order chi connectivity index (χ0) is 15.0. The molecule has 2 saturated heterocycles. The third-order valence-corrected chi connectivity index (χ3v) is 6.55. The number of imide groups is 1. The summed E-state index contributed by atoms with van der Waals surface area (Å²) in [4.78, 5) is 24.6. The van der Waals surface area contributed by atoms with Gasteiger partial charge in [0.2, 0.25) is 11.8 Å². The van der Waals surface area contributed by atoms with Crippen molar-refractivity contribution in [1.82, 2.24) is 5.32 Å². The van der Waals surface area contributed by atoms with Crippen molar-refractivity contribution >= 4 is 23.6 Å². The first-order valence-corrected chi connectivity index (χ1v) is 8.60. The fraction of sp³-hybridized carbons (Fsp3) is 0.529. The van der Waals surface area contributed by atoms with Gasteiger partial charge in [-0.25, -0.2) is 0 Å². The Labute approximate surface area is 129 Å². The van der Waals surface area contributed by atoms with Crippen molar-refractivity contribution in [2.45, 2.75) is 44.3 Å². The van der Waals surface area contributed by atoms with Crippen LogP contribution in [0.1, 0.15) is 43.2 Å². The van der Waals surface area contributed by atoms with Gasteiger partial charge in [-0.1, -0.05) is 31.2 Å². The molecule has 0 aliphatic carbocycles. The van der Waals surface area contributed by atoms with Gasteiger partial charge in [0.05, 0.1) is 5.92 Å². The first kappa shape index (κ1) is 14.6. The number of piperidine rings is 1. The van der Waals surface area contributed by atoms with Crippen LogP contribution in [0.5, 0.6) is 0 Å². The van der Waals surface area contributed by atoms with Crippen LogP contribution in [0.3, 0.4) is 0 Å². The van der Waals surface area contributed by atoms with Crippen LogP contribution in [0.2, 0.25) is 0 Å². The van der Waals surface area contributed by atoms with Gasteiger partial charge >= 0.3 is 0 Å². The Morgan fingerprint density at radius 2 is 2.05 bits per heavy atom. The number of nitrogens with one attached hydrogen (secondary N) is 1. The Kier molecular flexibility index (Phi) is 3.82. The molecule has 2 heterocycles. The molecule has 1 spiro atoms. The third-order valence-electron chi connectivity index (χ3n) is 5.05. The van der Waals surface area contributed by atoms with Crippen molar-refractivity contribution in [1.29, 1.82) is 0 Å². The predicted octanol–water partition coefficient (Wildman–Crippen LogP) is 3.03. The number of hydrogen-bond acceptors (Lipinski definition) is 3. The monoisotopic (exact) mass is 303 g/mol. The standard InChI is InChI=1S/C17H21NO2S/c1-11-6-3-4-7-13(11)15-16(20)18-14(19)10-17(15)8-5-9-21-12(17)2/h3-4,6-7,12,15H,5,8-10H2,1-2H3,(H,18,19,20). The molecular formula is C17H21NO2S. The van der Waals surface area contributed by atoms with E-state index in [1.165, 1.54) is 0 Å². The third kappa shape index (κ3) is 2.39. The van der Waals surface area contributed by atoms with E-state index in [4.69, 9.17) is 0 Å². The van der Waals surface area contributed by atoms with E-state index in [1.54, 1.807) is 0 Å². The number of thioether (sulfide) groups is 1. The molecule has 112 valence electrons. The minimum Gasteiger partial charge on any atom is -0.296 e. The number of benzene rings is 1. The molecule has 4 heteroatoms. The molecule has 21 heavy (non-hydrogen) atoms. The molecule has 2 aliphatic heterocycles. The van der Waals surface area contributed by atoms with Crippen LogP contribution in [0.4, 0.5) is 0 Å². The predicted molar refractivity (Wildman–Crippen MR) is 85.3 cm³/mol. The van der Waals surface area contributed by atoms with E-state index in [2.05, 4.69) is 12.2 Å². The molecule has 3 atom stereocenters. The molecule has 2 aliphatic rings. The molecule has 3 nitrogen and oxygen atoms in total. The quantitative estimate of drug-likeness (QED) is 0.811. The lowest BCUT2D eigenvalue weighted by molar-refractivity contribution is -0.140. The van der Waals surface area contributed by atoms with Gasteiger partial charge in [0.15, 0.2) is 0 Å². The summed E-state index contributed by atoms with van der Waals surface area (Å²) in [5, 5.41) is 2.88. The summed E-state index contributed by atoms with van der Waals surface area (Å²) in [6.07, 6.45) is 2.50. The number of aryl methyl sites for hydroxylation is 1. The van der Waals surface area contributed by atoms with Crippen LogP contribution in [0, 0.1) is 12.3 Å². The second kappa shape index (κ2) is 5.48. The molecule has 0 bridgehead atoms. The number of carbonyl (C=O) groups excluding carboxylic acids is 2. The molecule has 0 radical (unpaired) electrons. The molecule has 2 amide bonds. The van der Waals surface area contributed by atoms with Gasteiger partial charge in [0.25, 0.3) is 0 Å². The van der Waals surface area contributed by atoms with Crippen LogP contribution < -0.4 is 5.32 Å². The summed E-state index contributed by atoms with van der Waals surface area (Å²) in [5.74, 6) is 0.687. The van der Waals surface area contributed by atoms with E-state index in [0.29, 0.717) is 11.7 Å². The average molecular weight is 303 g/mol. The van der Waals surface area contributed by atoms with Gasteiger partial charge in [-0.2, -0.15) is 11.8 Å². The Bertz CT molecular complexity index is 586. The van der Waals surface area contributed by atoms with E-state index in [0.717, 1.165) is 29.7 Å². The van der Waals surface area contributed by atoms with Crippen molar-refractivity contribution in [3.63, 3.8) is 0 Å². The van der Waals surface area contributed by atoms with Crippen molar-refractivity contribution in [2.75, 3.05) is 5.75 Å². The molecule has 2 fully saturated rings. The zero-order valence-electron chi connectivity index (χ0n) is 12.5. The highest BCUT2D eigenvalue weighted by Gasteiger charge is 2.53. The zero-order valence-corrected chi connectivity index (χ0v) is 13.3. The first-order valence-electron chi connectivity index (χ1n) is 7.55. The molecule has 1 aromatic rings. The van der Waals surface area contributed by atoms with Crippen molar-refractivity contribution in [3.05, 3.63) is 35.4 Å². The van der Waals surface area contributed by atoms with E-state index >= 15 is 0 Å². The smallest absolute Gasteiger partial charge is 0.234 e. The maximum atomic E-state index is 12.6. The Hall–Kier alpha value is -1.29. The summed E-state index contributed by atoms with van der Waals surface area (Å²) in [7, 11) is 0. The Morgan fingerprint density at radius 1 is 1.29 bits per heavy atom. The number of hydrogen-bond donors (Lipinski definition) is 1. The maximum Gasteiger partial charge on any atom is 0.234 e. The van der Waals surface area contributed by atoms with Crippen LogP contribution in [0.25, 0.3) is 0 Å². The van der Waals surface area contributed by atoms with Crippen LogP contribution >= 0.6 is 11.8 Å². The highest BCUT2D eigenvalue weighted by atomic mass is 32.2. The van der Waals surface area contributed by atoms with Gasteiger partial charge in [0, 0.05) is 17.1 Å². The minimum atomic E-state index is -0.228. The summed E-state index contributed by atoms with van der Waals surface area (Å²) in [6.45, 7) is 4.23. The first-order chi connectivity index (χ1) is 10.0. The highest BCUT2D eigenvalue weighted by Crippen LogP contribution is 2.54. The van der Waals surface area contributed by atoms with E-state index < -0.39 is 0 Å². The second-order valence-electron chi connectivity index (χ2n) is 6.23. The summed E-state index contributed by atoms with van der Waals surface area (Å²) < 4.78 is 0. The topological polar surface area (TPSA) is 46.2 Å². The van der Waals surface area contributed by atoms with Gasteiger partial charge in [0.1, 0.15) is 0 Å². The molecule has 0 aromatic heterocycles. The lowest BCUT2D eigenvalue weighted by Gasteiger charge is -2.49. The molecule has 1 N–H and O–H groups in total. The van der Waals surface area contributed by atoms with Gasteiger partial charge < -0.3 is 0 Å². The van der Waals surface area contributed by atoms with Gasteiger partial charge in [-0.15, -0.1) is 0 Å². The van der Waals surface area contributed by atoms with E-state index in [1.807, 2.05) is 43.0 Å². The largest absolute Gasteiger partial charge is 0.296 e. The minimum absolute atomic E-state index is 0.112. The van der Waals surface area contributed by atoms with E-state index in [-0.39, 0.29) is 23.1 Å². The van der Waals surface area contributed by atoms with Crippen LogP contribution in [0.15, 0.2) is 24.3 Å². The Balaban J connectivity index is 2.11. The number of rotatable bonds is 1. The summed E-state index contributed by atoms with van der Waals surface area (Å²) in [6, 6.07) is 8.08. The average Bonchev–Trinajstić information content (AvgIpc) is 2.43. The van der Waals surface area contributed by atoms with Crippen molar-refractivity contribution < 1.29 is 9.59 Å². The molecule has 0 saturated carbocycles. The maximum absolute atomic E-state index is 12.6. The fourth-order valence-electron chi connectivity index (χ4n) is 3.92. The lowest BCUT2D eigenvalue weighted by atomic mass is 9.62. The molecule has 3 rings (SSSR count). The number of amides is 2. The molecular weight excluding hydrogens is 282 g/mol. The molecule has 1 aromatic carbocycles. The Morgan fingerprint density at radius 3 is 2.76 bits per heavy atom. The summed E-state index contributed by atoms with van der Waals surface area (Å²) in [5.41, 5.74) is 1.99. The van der Waals surface area contributed by atoms with Crippen molar-refractivity contribution in [2.24, 2.45) is 5.41 Å². The van der Waals surface area contributed by atoms with E-state index in [9.17, 15) is 9.59 Å². The van der Waals surface area contributed by atoms with Crippen molar-refractivity contribution in [3.8, 4) is 0 Å². The SMILES string of the molecule is Cc1ccccc1C1C(=O)NC(=O)CC12CCCSC2C. The lowest BCUT2D eigenvalue weighted by Crippen LogP contribution is -2.55. The van der Waals surface area contributed by atoms with Crippen LogP contribution in [-0.2, 0) is 9.59 Å². The summed E-state index contributed by atoms with van der Waals surface area (Å²) >= 11 is 1.90. The number of carbonyl (C=O) groups is 2. The molecule has 3 unspecified atom stereocenters. The van der Waals surface area contributed by atoms with Gasteiger partial charge in [-0.3, -0.25) is 14.9 Å². The second-order valence-corrected chi connectivity index (χ2v) is 7.68. The normalized spacial score (nSPS) is 33.0.